The maximum atomic E-state index is 12.2. The molecule has 4 rings (SSSR count). The maximum absolute atomic E-state index is 12.2. The van der Waals surface area contributed by atoms with Crippen LogP contribution in [0, 0.1) is 0 Å². The molecule has 3 aromatic rings. The van der Waals surface area contributed by atoms with Gasteiger partial charge < -0.3 is 14.8 Å². The number of nitrogens with one attached hydrogen (secondary N) is 3. The number of anilines is 1. The summed E-state index contributed by atoms with van der Waals surface area (Å²) in [4.78, 5) is 16.5. The Morgan fingerprint density at radius 1 is 1.35 bits per heavy atom. The summed E-state index contributed by atoms with van der Waals surface area (Å²) in [5.41, 5.74) is 1.77. The molecule has 0 spiro atoms. The van der Waals surface area contributed by atoms with Gasteiger partial charge in [0.1, 0.15) is 11.9 Å². The smallest absolute Gasteiger partial charge is 0.320 e. The van der Waals surface area contributed by atoms with Crippen LogP contribution in [0.25, 0.3) is 10.9 Å². The van der Waals surface area contributed by atoms with Crippen molar-refractivity contribution in [3.8, 4) is 5.88 Å². The predicted octanol–water partition coefficient (Wildman–Crippen LogP) is 2.62. The number of fused-ring (bicyclic) bond motifs is 1. The molecular weight excluding hydrogens is 334 g/mol. The summed E-state index contributed by atoms with van der Waals surface area (Å²) in [5, 5.41) is 13.4. The van der Waals surface area contributed by atoms with E-state index in [2.05, 4.69) is 25.8 Å². The lowest BCUT2D eigenvalue weighted by atomic mass is 10.1. The van der Waals surface area contributed by atoms with Crippen LogP contribution in [0.4, 0.5) is 10.6 Å². The molecule has 1 atom stereocenters. The van der Waals surface area contributed by atoms with Crippen LogP contribution in [-0.4, -0.2) is 40.5 Å². The van der Waals surface area contributed by atoms with E-state index >= 15 is 0 Å². The highest BCUT2D eigenvalue weighted by Crippen LogP contribution is 2.25. The van der Waals surface area contributed by atoms with E-state index in [1.807, 2.05) is 37.3 Å². The summed E-state index contributed by atoms with van der Waals surface area (Å²) in [6.07, 6.45) is 1.66. The monoisotopic (exact) mass is 353 g/mol. The van der Waals surface area contributed by atoms with E-state index in [9.17, 15) is 4.79 Å². The van der Waals surface area contributed by atoms with Crippen molar-refractivity contribution in [3.63, 3.8) is 0 Å². The number of hydrogen-bond donors (Lipinski definition) is 3. The molecule has 1 aliphatic rings. The van der Waals surface area contributed by atoms with E-state index in [-0.39, 0.29) is 18.2 Å². The molecule has 0 bridgehead atoms. The number of aromatic nitrogens is 3. The number of H-pyrrole nitrogens is 1. The quantitative estimate of drug-likeness (QED) is 0.654. The lowest BCUT2D eigenvalue weighted by Gasteiger charge is -2.25. The van der Waals surface area contributed by atoms with Crippen molar-refractivity contribution < 1.29 is 14.3 Å². The highest BCUT2D eigenvalue weighted by Gasteiger charge is 2.22. The summed E-state index contributed by atoms with van der Waals surface area (Å²) >= 11 is 0. The first-order valence-electron chi connectivity index (χ1n) is 8.40. The molecule has 1 aliphatic heterocycles. The van der Waals surface area contributed by atoms with Gasteiger partial charge in [-0.25, -0.2) is 9.78 Å². The summed E-state index contributed by atoms with van der Waals surface area (Å²) in [6.45, 7) is 3.07. The van der Waals surface area contributed by atoms with Crippen molar-refractivity contribution in [2.75, 3.05) is 18.5 Å². The van der Waals surface area contributed by atoms with Gasteiger partial charge in [-0.2, -0.15) is 0 Å². The molecule has 0 radical (unpaired) electrons. The van der Waals surface area contributed by atoms with Crippen LogP contribution >= 0.6 is 0 Å². The van der Waals surface area contributed by atoms with Gasteiger partial charge in [0.15, 0.2) is 0 Å². The fraction of sp³-hybridized carbons (Fsp3) is 0.278. The second kappa shape index (κ2) is 7.01. The molecule has 26 heavy (non-hydrogen) atoms. The summed E-state index contributed by atoms with van der Waals surface area (Å²) in [7, 11) is 0. The van der Waals surface area contributed by atoms with Gasteiger partial charge in [0.2, 0.25) is 5.88 Å². The molecular formula is C18H19N5O3. The van der Waals surface area contributed by atoms with E-state index < -0.39 is 0 Å². The Morgan fingerprint density at radius 2 is 2.15 bits per heavy atom. The number of rotatable bonds is 5. The molecule has 8 nitrogen and oxygen atoms in total. The Balaban J connectivity index is 1.41. The molecule has 3 heterocycles. The Labute approximate surface area is 149 Å². The van der Waals surface area contributed by atoms with E-state index in [0.29, 0.717) is 24.9 Å². The van der Waals surface area contributed by atoms with Crippen LogP contribution in [0.5, 0.6) is 5.88 Å². The molecule has 0 saturated carbocycles. The van der Waals surface area contributed by atoms with Crippen molar-refractivity contribution in [1.82, 2.24) is 20.5 Å². The predicted molar refractivity (Wildman–Crippen MR) is 96.1 cm³/mol. The lowest BCUT2D eigenvalue weighted by Crippen LogP contribution is -2.38. The van der Waals surface area contributed by atoms with Gasteiger partial charge in [-0.3, -0.25) is 10.4 Å². The minimum Gasteiger partial charge on any atom is -0.468 e. The molecule has 2 amide bonds. The second-order valence-corrected chi connectivity index (χ2v) is 6.15. The second-order valence-electron chi connectivity index (χ2n) is 6.15. The van der Waals surface area contributed by atoms with Crippen LogP contribution in [0.15, 0.2) is 42.6 Å². The van der Waals surface area contributed by atoms with Gasteiger partial charge in [-0.15, -0.1) is 5.10 Å². The van der Waals surface area contributed by atoms with Gasteiger partial charge in [-0.1, -0.05) is 30.3 Å². The third kappa shape index (κ3) is 3.45. The minimum absolute atomic E-state index is 0.0320. The molecule has 2 aromatic heterocycles. The van der Waals surface area contributed by atoms with Gasteiger partial charge in [0.05, 0.1) is 30.2 Å². The van der Waals surface area contributed by atoms with Crippen molar-refractivity contribution in [1.29, 1.82) is 0 Å². The molecule has 134 valence electrons. The number of pyridine rings is 1. The Kier molecular flexibility index (Phi) is 4.40. The van der Waals surface area contributed by atoms with Crippen LogP contribution in [0.1, 0.15) is 18.5 Å². The minimum atomic E-state index is -0.323. The molecule has 3 N–H and O–H groups in total. The number of urea groups is 1. The topological polar surface area (TPSA) is 101 Å². The van der Waals surface area contributed by atoms with E-state index in [1.165, 1.54) is 0 Å². The van der Waals surface area contributed by atoms with Crippen LogP contribution in [-0.2, 0) is 4.74 Å². The van der Waals surface area contributed by atoms with Gasteiger partial charge >= 0.3 is 6.03 Å². The average molecular weight is 353 g/mol. The fourth-order valence-corrected chi connectivity index (χ4v) is 2.66. The highest BCUT2D eigenvalue weighted by molar-refractivity contribution is 5.92. The van der Waals surface area contributed by atoms with Crippen LogP contribution in [0.3, 0.4) is 0 Å². The summed E-state index contributed by atoms with van der Waals surface area (Å²) < 4.78 is 10.8. The molecule has 0 aliphatic carbocycles. The number of aromatic amines is 1. The number of hydrogen-bond acceptors (Lipinski definition) is 5. The summed E-state index contributed by atoms with van der Waals surface area (Å²) in [5.74, 6) is 0.923. The largest absolute Gasteiger partial charge is 0.468 e. The number of ether oxygens (including phenoxy) is 2. The molecule has 8 heteroatoms. The zero-order chi connectivity index (χ0) is 17.9. The van der Waals surface area contributed by atoms with E-state index in [4.69, 9.17) is 9.47 Å². The number of nitrogens with zero attached hydrogens (tertiary/aromatic N) is 2. The number of carbonyl (C=O) groups is 1. The third-order valence-corrected chi connectivity index (χ3v) is 4.19. The van der Waals surface area contributed by atoms with Crippen molar-refractivity contribution in [2.45, 2.75) is 19.1 Å². The standard InChI is InChI=1S/C18H19N5O3/c1-11(12-5-3-2-4-6-12)20-18(24)21-16-7-15-14(8-19-16)17(23-22-15)26-13-9-25-10-13/h2-8,11,13H,9-10H2,1H3,(H,22,23)(H2,19,20,21,24)/t11-/m1/s1. The Bertz CT molecular complexity index is 908. The zero-order valence-corrected chi connectivity index (χ0v) is 14.2. The van der Waals surface area contributed by atoms with E-state index in [1.54, 1.807) is 12.3 Å². The lowest BCUT2D eigenvalue weighted by molar-refractivity contribution is -0.0807. The van der Waals surface area contributed by atoms with Crippen LogP contribution < -0.4 is 15.4 Å². The van der Waals surface area contributed by atoms with Crippen molar-refractivity contribution in [2.24, 2.45) is 0 Å². The maximum Gasteiger partial charge on any atom is 0.320 e. The normalized spacial score (nSPS) is 15.3. The van der Waals surface area contributed by atoms with Crippen molar-refractivity contribution in [3.05, 3.63) is 48.2 Å². The highest BCUT2D eigenvalue weighted by atomic mass is 16.6. The zero-order valence-electron chi connectivity index (χ0n) is 14.2. The molecule has 0 unspecified atom stereocenters. The first kappa shape index (κ1) is 16.3. The number of carbonyl (C=O) groups excluding carboxylic acids is 1. The molecule has 1 aromatic carbocycles. The molecule has 1 saturated heterocycles. The van der Waals surface area contributed by atoms with Gasteiger partial charge in [-0.05, 0) is 12.5 Å². The van der Waals surface area contributed by atoms with E-state index in [0.717, 1.165) is 16.5 Å². The fourth-order valence-electron chi connectivity index (χ4n) is 2.66. The summed E-state index contributed by atoms with van der Waals surface area (Å²) in [6, 6.07) is 11.0. The Hall–Kier alpha value is -3.13. The van der Waals surface area contributed by atoms with Crippen LogP contribution in [0.2, 0.25) is 0 Å². The first-order chi connectivity index (χ1) is 12.7. The third-order valence-electron chi connectivity index (χ3n) is 4.19. The number of benzene rings is 1. The van der Waals surface area contributed by atoms with Gasteiger partial charge in [0.25, 0.3) is 0 Å². The SMILES string of the molecule is C[C@@H](NC(=O)Nc1cc2[nH]nc(OC3COC3)c2cn1)c1ccccc1. The Morgan fingerprint density at radius 3 is 2.88 bits per heavy atom. The van der Waals surface area contributed by atoms with Gasteiger partial charge in [0, 0.05) is 12.3 Å². The van der Waals surface area contributed by atoms with Crippen molar-refractivity contribution >= 4 is 22.8 Å². The number of amides is 2. The first-order valence-corrected chi connectivity index (χ1v) is 8.40. The molecule has 1 fully saturated rings. The average Bonchev–Trinajstić information content (AvgIpc) is 3.01.